The van der Waals surface area contributed by atoms with Gasteiger partial charge in [0, 0.05) is 20.1 Å². The van der Waals surface area contributed by atoms with Gasteiger partial charge in [-0.15, -0.1) is 0 Å². The summed E-state index contributed by atoms with van der Waals surface area (Å²) in [5.74, 6) is -0.977. The summed E-state index contributed by atoms with van der Waals surface area (Å²) in [5.41, 5.74) is 0. The smallest absolute Gasteiger partial charge is 0.329 e. The van der Waals surface area contributed by atoms with Gasteiger partial charge in [0.1, 0.15) is 6.61 Å². The number of carbonyl (C=O) groups excluding carboxylic acids is 1. The second-order valence-corrected chi connectivity index (χ2v) is 4.82. The zero-order chi connectivity index (χ0) is 14.4. The van der Waals surface area contributed by atoms with E-state index in [2.05, 4.69) is 0 Å². The molecule has 0 radical (unpaired) electrons. The highest BCUT2D eigenvalue weighted by Crippen LogP contribution is 2.15. The Balaban J connectivity index is 2.36. The molecule has 1 aliphatic heterocycles. The largest absolute Gasteiger partial charge is 0.480 e. The van der Waals surface area contributed by atoms with Crippen LogP contribution in [0.2, 0.25) is 0 Å². The summed E-state index contributed by atoms with van der Waals surface area (Å²) in [6, 6.07) is -0.327. The molecule has 0 aromatic carbocycles. The molecule has 1 fully saturated rings. The normalized spacial score (nSPS) is 18.2. The number of amides is 2. The molecule has 0 spiro atoms. The van der Waals surface area contributed by atoms with Crippen molar-refractivity contribution in [2.75, 3.05) is 33.4 Å². The number of urea groups is 1. The number of aliphatic hydroxyl groups is 1. The van der Waals surface area contributed by atoms with Gasteiger partial charge in [-0.05, 0) is 19.8 Å². The van der Waals surface area contributed by atoms with Crippen molar-refractivity contribution < 1.29 is 24.5 Å². The van der Waals surface area contributed by atoms with Crippen LogP contribution in [-0.2, 0) is 9.53 Å². The first-order valence-electron chi connectivity index (χ1n) is 6.41. The van der Waals surface area contributed by atoms with E-state index >= 15 is 0 Å². The summed E-state index contributed by atoms with van der Waals surface area (Å²) in [7, 11) is 1.66. The summed E-state index contributed by atoms with van der Waals surface area (Å²) < 4.78 is 5.21. The van der Waals surface area contributed by atoms with Gasteiger partial charge in [0.05, 0.1) is 18.8 Å². The molecular weight excluding hydrogens is 252 g/mol. The van der Waals surface area contributed by atoms with Crippen molar-refractivity contribution in [3.8, 4) is 0 Å². The highest BCUT2D eigenvalue weighted by Gasteiger charge is 2.27. The van der Waals surface area contributed by atoms with Crippen LogP contribution < -0.4 is 0 Å². The van der Waals surface area contributed by atoms with Crippen LogP contribution in [0.25, 0.3) is 0 Å². The number of likely N-dealkylation sites (N-methyl/N-ethyl adjacent to an activating group) is 1. The molecule has 0 aromatic rings. The lowest BCUT2D eigenvalue weighted by atomic mass is 10.1. The lowest BCUT2D eigenvalue weighted by molar-refractivity contribution is -0.145. The molecule has 0 aliphatic carbocycles. The molecule has 1 saturated heterocycles. The summed E-state index contributed by atoms with van der Waals surface area (Å²) in [5, 5.41) is 17.6. The standard InChI is InChI=1S/C12H22N2O5/c1-9(7-15)13(2)12(18)14-5-3-10(4-6-14)19-8-11(16)17/h9-10,15H,3-8H2,1-2H3,(H,16,17). The van der Waals surface area contributed by atoms with E-state index in [1.807, 2.05) is 0 Å². The van der Waals surface area contributed by atoms with Crippen LogP contribution in [0.4, 0.5) is 4.79 Å². The average molecular weight is 274 g/mol. The van der Waals surface area contributed by atoms with Crippen LogP contribution >= 0.6 is 0 Å². The van der Waals surface area contributed by atoms with Gasteiger partial charge in [-0.2, -0.15) is 0 Å². The molecule has 2 N–H and O–H groups in total. The number of aliphatic hydroxyl groups excluding tert-OH is 1. The Morgan fingerprint density at radius 1 is 1.42 bits per heavy atom. The van der Waals surface area contributed by atoms with Crippen molar-refractivity contribution in [2.45, 2.75) is 31.9 Å². The van der Waals surface area contributed by atoms with Gasteiger partial charge in [0.25, 0.3) is 0 Å². The molecule has 1 aliphatic rings. The van der Waals surface area contributed by atoms with Crippen LogP contribution in [0, 0.1) is 0 Å². The molecule has 1 atom stereocenters. The minimum absolute atomic E-state index is 0.0690. The molecule has 7 nitrogen and oxygen atoms in total. The van der Waals surface area contributed by atoms with Crippen molar-refractivity contribution >= 4 is 12.0 Å². The lowest BCUT2D eigenvalue weighted by Crippen LogP contribution is -2.49. The minimum Gasteiger partial charge on any atom is -0.480 e. The molecule has 0 bridgehead atoms. The zero-order valence-electron chi connectivity index (χ0n) is 11.4. The van der Waals surface area contributed by atoms with E-state index in [0.29, 0.717) is 25.9 Å². The number of aliphatic carboxylic acids is 1. The maximum Gasteiger partial charge on any atom is 0.329 e. The van der Waals surface area contributed by atoms with Gasteiger partial charge < -0.3 is 24.7 Å². The lowest BCUT2D eigenvalue weighted by Gasteiger charge is -2.35. The van der Waals surface area contributed by atoms with Crippen LogP contribution in [0.1, 0.15) is 19.8 Å². The Labute approximate surface area is 112 Å². The van der Waals surface area contributed by atoms with Gasteiger partial charge in [-0.1, -0.05) is 0 Å². The quantitative estimate of drug-likeness (QED) is 0.735. The molecule has 0 aromatic heterocycles. The van der Waals surface area contributed by atoms with Crippen molar-refractivity contribution in [1.29, 1.82) is 0 Å². The first-order chi connectivity index (χ1) is 8.95. The Bertz CT molecular complexity index is 315. The second kappa shape index (κ2) is 7.30. The third-order valence-electron chi connectivity index (χ3n) is 3.38. The predicted octanol–water partition coefficient (Wildman–Crippen LogP) is -0.0154. The van der Waals surface area contributed by atoms with Gasteiger partial charge in [0.2, 0.25) is 0 Å². The molecule has 19 heavy (non-hydrogen) atoms. The summed E-state index contributed by atoms with van der Waals surface area (Å²) in [6.45, 7) is 2.51. The Morgan fingerprint density at radius 3 is 2.47 bits per heavy atom. The van der Waals surface area contributed by atoms with Gasteiger partial charge >= 0.3 is 12.0 Å². The third kappa shape index (κ3) is 4.68. The van der Waals surface area contributed by atoms with E-state index in [-0.39, 0.29) is 31.4 Å². The maximum atomic E-state index is 12.1. The molecule has 110 valence electrons. The number of hydrogen-bond acceptors (Lipinski definition) is 4. The van der Waals surface area contributed by atoms with Gasteiger partial charge in [-0.25, -0.2) is 9.59 Å². The van der Waals surface area contributed by atoms with Crippen LogP contribution in [-0.4, -0.2) is 77.5 Å². The number of carboxylic acid groups (broad SMARTS) is 1. The van der Waals surface area contributed by atoms with E-state index in [4.69, 9.17) is 14.9 Å². The molecule has 1 rings (SSSR count). The fourth-order valence-electron chi connectivity index (χ4n) is 1.94. The van der Waals surface area contributed by atoms with Crippen LogP contribution in [0.15, 0.2) is 0 Å². The number of nitrogens with zero attached hydrogens (tertiary/aromatic N) is 2. The highest BCUT2D eigenvalue weighted by molar-refractivity contribution is 5.74. The van der Waals surface area contributed by atoms with Crippen molar-refractivity contribution in [3.05, 3.63) is 0 Å². The third-order valence-corrected chi connectivity index (χ3v) is 3.38. The molecule has 0 saturated carbocycles. The monoisotopic (exact) mass is 274 g/mol. The zero-order valence-corrected chi connectivity index (χ0v) is 11.4. The van der Waals surface area contributed by atoms with E-state index < -0.39 is 5.97 Å². The first-order valence-corrected chi connectivity index (χ1v) is 6.41. The van der Waals surface area contributed by atoms with E-state index in [9.17, 15) is 9.59 Å². The Hall–Kier alpha value is -1.34. The Morgan fingerprint density at radius 2 is 2.00 bits per heavy atom. The number of hydrogen-bond donors (Lipinski definition) is 2. The molecule has 1 unspecified atom stereocenters. The molecule has 1 heterocycles. The summed E-state index contributed by atoms with van der Waals surface area (Å²) in [4.78, 5) is 25.7. The minimum atomic E-state index is -0.977. The highest BCUT2D eigenvalue weighted by atomic mass is 16.5. The SMILES string of the molecule is CC(CO)N(C)C(=O)N1CCC(OCC(=O)O)CC1. The topological polar surface area (TPSA) is 90.3 Å². The second-order valence-electron chi connectivity index (χ2n) is 4.82. The number of carboxylic acids is 1. The van der Waals surface area contributed by atoms with E-state index in [1.54, 1.807) is 18.9 Å². The molecule has 7 heteroatoms. The number of likely N-dealkylation sites (tertiary alicyclic amines) is 1. The van der Waals surface area contributed by atoms with Crippen LogP contribution in [0.5, 0.6) is 0 Å². The van der Waals surface area contributed by atoms with Crippen LogP contribution in [0.3, 0.4) is 0 Å². The summed E-state index contributed by atoms with van der Waals surface area (Å²) in [6.07, 6.45) is 1.18. The maximum absolute atomic E-state index is 12.1. The van der Waals surface area contributed by atoms with Crippen molar-refractivity contribution in [2.24, 2.45) is 0 Å². The molecular formula is C12H22N2O5. The predicted molar refractivity (Wildman–Crippen MR) is 67.9 cm³/mol. The van der Waals surface area contributed by atoms with E-state index in [1.165, 1.54) is 4.90 Å². The van der Waals surface area contributed by atoms with Crippen molar-refractivity contribution in [3.63, 3.8) is 0 Å². The first kappa shape index (κ1) is 15.7. The Kier molecular flexibility index (Phi) is 6.04. The van der Waals surface area contributed by atoms with E-state index in [0.717, 1.165) is 0 Å². The number of rotatable bonds is 5. The fraction of sp³-hybridized carbons (Fsp3) is 0.833. The van der Waals surface area contributed by atoms with Gasteiger partial charge in [0.15, 0.2) is 0 Å². The average Bonchev–Trinajstić information content (AvgIpc) is 2.43. The number of ether oxygens (including phenoxy) is 1. The summed E-state index contributed by atoms with van der Waals surface area (Å²) >= 11 is 0. The number of carbonyl (C=O) groups is 2. The van der Waals surface area contributed by atoms with Gasteiger partial charge in [-0.3, -0.25) is 0 Å². The van der Waals surface area contributed by atoms with Crippen molar-refractivity contribution in [1.82, 2.24) is 9.80 Å². The number of piperidine rings is 1. The molecule has 2 amide bonds. The fourth-order valence-corrected chi connectivity index (χ4v) is 1.94.